The minimum Gasteiger partial charge on any atom is -0.378 e. The third-order valence-corrected chi connectivity index (χ3v) is 3.02. The Morgan fingerprint density at radius 2 is 2.21 bits per heavy atom. The summed E-state index contributed by atoms with van der Waals surface area (Å²) in [6.07, 6.45) is 1.63. The first-order valence-corrected chi connectivity index (χ1v) is 6.03. The number of hydrogen-bond acceptors (Lipinski definition) is 3. The fourth-order valence-corrected chi connectivity index (χ4v) is 1.97. The molecule has 1 aromatic heterocycles. The van der Waals surface area contributed by atoms with Crippen LogP contribution in [0.2, 0.25) is 5.15 Å². The van der Waals surface area contributed by atoms with Crippen LogP contribution in [0.4, 0.5) is 10.1 Å². The van der Waals surface area contributed by atoms with Gasteiger partial charge in [0.15, 0.2) is 5.15 Å². The predicted molar refractivity (Wildman–Crippen MR) is 72.4 cm³/mol. The highest BCUT2D eigenvalue weighted by Gasteiger charge is 2.06. The Labute approximate surface area is 115 Å². The van der Waals surface area contributed by atoms with Crippen molar-refractivity contribution in [1.82, 2.24) is 4.98 Å². The van der Waals surface area contributed by atoms with Gasteiger partial charge in [-0.25, -0.2) is 9.37 Å². The van der Waals surface area contributed by atoms with Crippen LogP contribution in [-0.2, 0) is 6.54 Å². The van der Waals surface area contributed by atoms with Crippen molar-refractivity contribution in [2.24, 2.45) is 0 Å². The zero-order valence-electron chi connectivity index (χ0n) is 10.2. The smallest absolute Gasteiger partial charge is 0.152 e. The Bertz CT molecular complexity index is 629. The number of hydrogen-bond donors (Lipinski definition) is 1. The van der Waals surface area contributed by atoms with Gasteiger partial charge in [0.25, 0.3) is 0 Å². The first-order chi connectivity index (χ1) is 9.11. The largest absolute Gasteiger partial charge is 0.378 e. The van der Waals surface area contributed by atoms with Gasteiger partial charge in [0.05, 0.1) is 11.3 Å². The number of anilines is 1. The number of nitrogens with zero attached hydrogens (tertiary/aromatic N) is 2. The molecule has 0 spiro atoms. The van der Waals surface area contributed by atoms with Crippen molar-refractivity contribution in [3.05, 3.63) is 58.1 Å². The molecule has 0 radical (unpaired) electrons. The van der Waals surface area contributed by atoms with Gasteiger partial charge in [-0.1, -0.05) is 17.7 Å². The van der Waals surface area contributed by atoms with E-state index in [9.17, 15) is 4.39 Å². The van der Waals surface area contributed by atoms with Crippen molar-refractivity contribution in [1.29, 1.82) is 5.26 Å². The average molecular weight is 276 g/mol. The summed E-state index contributed by atoms with van der Waals surface area (Å²) in [6.45, 7) is 2.36. The predicted octanol–water partition coefficient (Wildman–Crippen LogP) is 3.67. The lowest BCUT2D eigenvalue weighted by atomic mass is 10.1. The van der Waals surface area contributed by atoms with Gasteiger partial charge in [-0.15, -0.1) is 0 Å². The molecule has 0 atom stereocenters. The number of aryl methyl sites for hydroxylation is 1. The normalized spacial score (nSPS) is 10.0. The van der Waals surface area contributed by atoms with Crippen molar-refractivity contribution in [3.63, 3.8) is 0 Å². The first kappa shape index (κ1) is 13.3. The molecule has 1 heterocycles. The number of halogens is 2. The number of pyridine rings is 1. The van der Waals surface area contributed by atoms with Crippen LogP contribution in [0, 0.1) is 24.1 Å². The van der Waals surface area contributed by atoms with Crippen molar-refractivity contribution in [2.45, 2.75) is 13.5 Å². The summed E-state index contributed by atoms with van der Waals surface area (Å²) in [6, 6.07) is 8.09. The monoisotopic (exact) mass is 275 g/mol. The summed E-state index contributed by atoms with van der Waals surface area (Å²) >= 11 is 5.99. The van der Waals surface area contributed by atoms with Crippen molar-refractivity contribution >= 4 is 17.3 Å². The summed E-state index contributed by atoms with van der Waals surface area (Å²) in [5, 5.41) is 12.3. The molecular formula is C14H11ClFN3. The van der Waals surface area contributed by atoms with Crippen molar-refractivity contribution in [3.8, 4) is 6.07 Å². The Morgan fingerprint density at radius 3 is 2.89 bits per heavy atom. The van der Waals surface area contributed by atoms with Crippen LogP contribution in [0.15, 0.2) is 30.5 Å². The molecule has 96 valence electrons. The maximum Gasteiger partial charge on any atom is 0.152 e. The van der Waals surface area contributed by atoms with E-state index >= 15 is 0 Å². The quantitative estimate of drug-likeness (QED) is 0.870. The van der Waals surface area contributed by atoms with Crippen molar-refractivity contribution < 1.29 is 4.39 Å². The fraction of sp³-hybridized carbons (Fsp3) is 0.143. The second kappa shape index (κ2) is 5.68. The highest BCUT2D eigenvalue weighted by molar-refractivity contribution is 6.32. The molecule has 0 aliphatic heterocycles. The van der Waals surface area contributed by atoms with E-state index in [-0.39, 0.29) is 5.56 Å². The number of rotatable bonds is 3. The molecule has 0 fully saturated rings. The van der Waals surface area contributed by atoms with E-state index < -0.39 is 5.82 Å². The van der Waals surface area contributed by atoms with Gasteiger partial charge in [-0.05, 0) is 36.2 Å². The van der Waals surface area contributed by atoms with E-state index in [1.807, 2.05) is 19.1 Å². The van der Waals surface area contributed by atoms with Crippen LogP contribution >= 0.6 is 11.6 Å². The molecule has 1 N–H and O–H groups in total. The molecule has 19 heavy (non-hydrogen) atoms. The number of nitrogens with one attached hydrogen (secondary N) is 1. The van der Waals surface area contributed by atoms with Gasteiger partial charge in [0, 0.05) is 12.7 Å². The lowest BCUT2D eigenvalue weighted by Gasteiger charge is -2.10. The molecule has 5 heteroatoms. The van der Waals surface area contributed by atoms with Gasteiger partial charge in [-0.2, -0.15) is 5.26 Å². The standard InChI is InChI=1S/C14H11ClFN3/c1-9-4-5-18-14(15)13(9)19-8-10-2-3-12(16)11(6-10)7-17/h2-6,19H,8H2,1H3. The maximum absolute atomic E-state index is 13.2. The molecule has 1 aromatic carbocycles. The van der Waals surface area contributed by atoms with Gasteiger partial charge >= 0.3 is 0 Å². The van der Waals surface area contributed by atoms with E-state index in [1.54, 1.807) is 12.3 Å². The first-order valence-electron chi connectivity index (χ1n) is 5.65. The highest BCUT2D eigenvalue weighted by Crippen LogP contribution is 2.23. The summed E-state index contributed by atoms with van der Waals surface area (Å²) in [5.41, 5.74) is 2.56. The van der Waals surface area contributed by atoms with Gasteiger partial charge in [0.1, 0.15) is 11.9 Å². The number of aromatic nitrogens is 1. The second-order valence-corrected chi connectivity index (χ2v) is 4.43. The molecule has 0 amide bonds. The molecular weight excluding hydrogens is 265 g/mol. The Morgan fingerprint density at radius 1 is 1.42 bits per heavy atom. The third kappa shape index (κ3) is 3.01. The summed E-state index contributed by atoms with van der Waals surface area (Å²) in [4.78, 5) is 3.99. The Balaban J connectivity index is 2.17. The Kier molecular flexibility index (Phi) is 3.98. The van der Waals surface area contributed by atoms with E-state index in [2.05, 4.69) is 10.3 Å². The van der Waals surface area contributed by atoms with Crippen LogP contribution in [0.25, 0.3) is 0 Å². The molecule has 0 aliphatic carbocycles. The minimum atomic E-state index is -0.512. The third-order valence-electron chi connectivity index (χ3n) is 2.73. The van der Waals surface area contributed by atoms with Gasteiger partial charge in [-0.3, -0.25) is 0 Å². The minimum absolute atomic E-state index is 0.0355. The SMILES string of the molecule is Cc1ccnc(Cl)c1NCc1ccc(F)c(C#N)c1. The van der Waals surface area contributed by atoms with E-state index in [4.69, 9.17) is 16.9 Å². The molecule has 2 rings (SSSR count). The zero-order valence-corrected chi connectivity index (χ0v) is 11.0. The zero-order chi connectivity index (χ0) is 13.8. The van der Waals surface area contributed by atoms with Crippen LogP contribution in [0.5, 0.6) is 0 Å². The highest BCUT2D eigenvalue weighted by atomic mass is 35.5. The summed E-state index contributed by atoms with van der Waals surface area (Å²) < 4.78 is 13.2. The number of nitriles is 1. The van der Waals surface area contributed by atoms with E-state index in [1.165, 1.54) is 12.1 Å². The molecule has 2 aromatic rings. The van der Waals surface area contributed by atoms with Crippen LogP contribution in [-0.4, -0.2) is 4.98 Å². The second-order valence-electron chi connectivity index (χ2n) is 4.07. The molecule has 0 saturated heterocycles. The number of benzene rings is 1. The van der Waals surface area contributed by atoms with Crippen LogP contribution < -0.4 is 5.32 Å². The van der Waals surface area contributed by atoms with Crippen molar-refractivity contribution in [2.75, 3.05) is 5.32 Å². The van der Waals surface area contributed by atoms with Gasteiger partial charge < -0.3 is 5.32 Å². The van der Waals surface area contributed by atoms with Crippen LogP contribution in [0.1, 0.15) is 16.7 Å². The molecule has 3 nitrogen and oxygen atoms in total. The fourth-order valence-electron chi connectivity index (χ4n) is 1.70. The topological polar surface area (TPSA) is 48.7 Å². The Hall–Kier alpha value is -2.12. The summed E-state index contributed by atoms with van der Waals surface area (Å²) in [7, 11) is 0. The molecule has 0 bridgehead atoms. The van der Waals surface area contributed by atoms with Gasteiger partial charge in [0.2, 0.25) is 0 Å². The van der Waals surface area contributed by atoms with E-state index in [0.29, 0.717) is 11.7 Å². The maximum atomic E-state index is 13.2. The van der Waals surface area contributed by atoms with E-state index in [0.717, 1.165) is 16.8 Å². The molecule has 0 saturated carbocycles. The lowest BCUT2D eigenvalue weighted by molar-refractivity contribution is 0.623. The molecule has 0 aliphatic rings. The average Bonchev–Trinajstić information content (AvgIpc) is 2.40. The summed E-state index contributed by atoms with van der Waals surface area (Å²) in [5.74, 6) is -0.512. The van der Waals surface area contributed by atoms with Crippen LogP contribution in [0.3, 0.4) is 0 Å². The molecule has 0 unspecified atom stereocenters. The lowest BCUT2D eigenvalue weighted by Crippen LogP contribution is -2.03.